The van der Waals surface area contributed by atoms with Crippen LogP contribution in [0.5, 0.6) is 0 Å². The minimum Gasteiger partial charge on any atom is -0.371 e. The van der Waals surface area contributed by atoms with Crippen LogP contribution in [0.4, 0.5) is 5.69 Å². The van der Waals surface area contributed by atoms with Gasteiger partial charge in [-0.2, -0.15) is 0 Å². The first-order chi connectivity index (χ1) is 16.9. The van der Waals surface area contributed by atoms with Crippen molar-refractivity contribution in [1.82, 2.24) is 15.0 Å². The van der Waals surface area contributed by atoms with Crippen molar-refractivity contribution in [3.05, 3.63) is 64.8 Å². The van der Waals surface area contributed by atoms with E-state index in [1.165, 1.54) is 5.41 Å². The summed E-state index contributed by atoms with van der Waals surface area (Å²) < 4.78 is 27.5. The molecule has 1 saturated carbocycles. The number of nitrogens with zero attached hydrogens (tertiary/aromatic N) is 2. The van der Waals surface area contributed by atoms with Crippen LogP contribution in [0, 0.1) is 11.8 Å². The van der Waals surface area contributed by atoms with Gasteiger partial charge in [0.2, 0.25) is 15.9 Å². The molecule has 2 aromatic rings. The van der Waals surface area contributed by atoms with Gasteiger partial charge in [0.1, 0.15) is 0 Å². The molecule has 1 aliphatic carbocycles. The highest BCUT2D eigenvalue weighted by atomic mass is 35.5. The molecule has 4 rings (SSSR count). The molecule has 1 saturated heterocycles. The van der Waals surface area contributed by atoms with Crippen molar-refractivity contribution in [2.24, 2.45) is 11.8 Å². The zero-order chi connectivity index (χ0) is 24.7. The molecule has 1 aromatic carbocycles. The molecule has 35 heavy (non-hydrogen) atoms. The second-order valence-corrected chi connectivity index (χ2v) is 11.5. The summed E-state index contributed by atoms with van der Waals surface area (Å²) in [5.41, 5.74) is 1.92. The van der Waals surface area contributed by atoms with Crippen molar-refractivity contribution >= 4 is 39.3 Å². The number of carbonyl (C=O) groups excluding carboxylic acids is 1. The molecule has 7 nitrogen and oxygen atoms in total. The molecular weight excluding hydrogens is 484 g/mol. The summed E-state index contributed by atoms with van der Waals surface area (Å²) in [6, 6.07) is 11.1. The third-order valence-electron chi connectivity index (χ3n) is 6.91. The number of halogens is 1. The van der Waals surface area contributed by atoms with Crippen LogP contribution in [0.25, 0.3) is 6.08 Å². The summed E-state index contributed by atoms with van der Waals surface area (Å²) in [4.78, 5) is 19.3. The molecule has 9 heteroatoms. The Morgan fingerprint density at radius 3 is 2.49 bits per heavy atom. The number of amides is 1. The summed E-state index contributed by atoms with van der Waals surface area (Å²) in [7, 11) is -3.53. The lowest BCUT2D eigenvalue weighted by molar-refractivity contribution is -0.126. The summed E-state index contributed by atoms with van der Waals surface area (Å²) in [5.74, 6) is 0.378. The molecule has 2 fully saturated rings. The maximum absolute atomic E-state index is 12.9. The van der Waals surface area contributed by atoms with E-state index in [9.17, 15) is 13.2 Å². The second-order valence-electron chi connectivity index (χ2n) is 9.45. The number of piperidine rings is 1. The van der Waals surface area contributed by atoms with Crippen molar-refractivity contribution in [2.75, 3.05) is 24.5 Å². The smallest absolute Gasteiger partial charge is 0.233 e. The van der Waals surface area contributed by atoms with Crippen molar-refractivity contribution in [2.45, 2.75) is 44.6 Å². The van der Waals surface area contributed by atoms with E-state index in [2.05, 4.69) is 19.9 Å². The normalized spacial score (nSPS) is 21.8. The van der Waals surface area contributed by atoms with Gasteiger partial charge in [-0.3, -0.25) is 9.78 Å². The summed E-state index contributed by atoms with van der Waals surface area (Å²) in [6.45, 7) is 2.10. The highest BCUT2D eigenvalue weighted by Crippen LogP contribution is 2.26. The fourth-order valence-electron chi connectivity index (χ4n) is 4.91. The van der Waals surface area contributed by atoms with Crippen LogP contribution in [-0.2, 0) is 14.8 Å². The van der Waals surface area contributed by atoms with Crippen molar-refractivity contribution in [1.29, 1.82) is 0 Å². The Morgan fingerprint density at radius 1 is 1.06 bits per heavy atom. The predicted octanol–water partition coefficient (Wildman–Crippen LogP) is 4.22. The Labute approximate surface area is 213 Å². The minimum absolute atomic E-state index is 0.0324. The van der Waals surface area contributed by atoms with Gasteiger partial charge in [-0.15, -0.1) is 0 Å². The maximum atomic E-state index is 12.9. The number of carbonyl (C=O) groups is 1. The van der Waals surface area contributed by atoms with Gasteiger partial charge < -0.3 is 10.2 Å². The Bertz CT molecular complexity index is 1100. The molecule has 0 bridgehead atoms. The lowest BCUT2D eigenvalue weighted by Gasteiger charge is -2.35. The van der Waals surface area contributed by atoms with Crippen LogP contribution in [-0.4, -0.2) is 45.0 Å². The van der Waals surface area contributed by atoms with Crippen molar-refractivity contribution < 1.29 is 13.2 Å². The predicted molar refractivity (Wildman–Crippen MR) is 140 cm³/mol. The number of hydrogen-bond donors (Lipinski definition) is 2. The molecule has 2 N–H and O–H groups in total. The lowest BCUT2D eigenvalue weighted by atomic mass is 9.85. The van der Waals surface area contributed by atoms with Crippen LogP contribution < -0.4 is 14.9 Å². The number of pyridine rings is 1. The molecule has 188 valence electrons. The molecule has 2 aliphatic rings. The van der Waals surface area contributed by atoms with Gasteiger partial charge in [-0.1, -0.05) is 30.2 Å². The number of benzene rings is 1. The van der Waals surface area contributed by atoms with Crippen LogP contribution in [0.1, 0.15) is 44.1 Å². The maximum Gasteiger partial charge on any atom is 0.233 e. The van der Waals surface area contributed by atoms with Crippen molar-refractivity contribution in [3.8, 4) is 0 Å². The third kappa shape index (κ3) is 7.78. The van der Waals surface area contributed by atoms with Crippen molar-refractivity contribution in [3.63, 3.8) is 0 Å². The largest absolute Gasteiger partial charge is 0.371 e. The van der Waals surface area contributed by atoms with Gasteiger partial charge in [-0.05, 0) is 73.9 Å². The Kier molecular flexibility index (Phi) is 8.81. The Morgan fingerprint density at radius 2 is 1.77 bits per heavy atom. The van der Waals surface area contributed by atoms with Gasteiger partial charge >= 0.3 is 0 Å². The first-order valence-corrected chi connectivity index (χ1v) is 14.2. The third-order valence-corrected chi connectivity index (χ3v) is 8.22. The molecule has 1 aliphatic heterocycles. The average molecular weight is 517 g/mol. The lowest BCUT2D eigenvalue weighted by Crippen LogP contribution is -2.46. The first kappa shape index (κ1) is 25.7. The molecule has 0 radical (unpaired) electrons. The Balaban J connectivity index is 1.21. The van der Waals surface area contributed by atoms with E-state index in [0.29, 0.717) is 11.6 Å². The van der Waals surface area contributed by atoms with E-state index in [1.807, 2.05) is 12.1 Å². The van der Waals surface area contributed by atoms with E-state index < -0.39 is 10.0 Å². The van der Waals surface area contributed by atoms with E-state index in [1.54, 1.807) is 42.7 Å². The monoisotopic (exact) mass is 516 g/mol. The summed E-state index contributed by atoms with van der Waals surface area (Å²) in [5, 5.41) is 5.05. The van der Waals surface area contributed by atoms with E-state index in [0.717, 1.165) is 62.9 Å². The van der Waals surface area contributed by atoms with Gasteiger partial charge in [0.25, 0.3) is 0 Å². The van der Waals surface area contributed by atoms with E-state index >= 15 is 0 Å². The summed E-state index contributed by atoms with van der Waals surface area (Å²) >= 11 is 5.87. The fraction of sp³-hybridized carbons (Fsp3) is 0.462. The van der Waals surface area contributed by atoms with E-state index in [4.69, 9.17) is 11.6 Å². The second kappa shape index (κ2) is 12.0. The minimum atomic E-state index is -3.53. The molecule has 2 atom stereocenters. The van der Waals surface area contributed by atoms with Gasteiger partial charge in [0.15, 0.2) is 0 Å². The number of sulfonamides is 1. The number of anilines is 1. The van der Waals surface area contributed by atoms with Gasteiger partial charge in [0, 0.05) is 60.1 Å². The molecule has 1 amide bonds. The zero-order valence-electron chi connectivity index (χ0n) is 19.8. The van der Waals surface area contributed by atoms with Crippen LogP contribution >= 0.6 is 11.6 Å². The number of hydrogen-bond acceptors (Lipinski definition) is 5. The first-order valence-electron chi connectivity index (χ1n) is 12.3. The quantitative estimate of drug-likeness (QED) is 0.548. The fourth-order valence-corrected chi connectivity index (χ4v) is 5.93. The van der Waals surface area contributed by atoms with E-state index in [-0.39, 0.29) is 23.8 Å². The number of rotatable bonds is 8. The molecule has 2 unspecified atom stereocenters. The summed E-state index contributed by atoms with van der Waals surface area (Å²) in [6.07, 6.45) is 10.5. The SMILES string of the molecule is O=C(NC1CCCC(CNS(=O)(=O)/C=C/c2ccc(Cl)cc2)C1)C1CCN(c2ccncc2)CC1. The van der Waals surface area contributed by atoms with Crippen LogP contribution in [0.2, 0.25) is 5.02 Å². The highest BCUT2D eigenvalue weighted by Gasteiger charge is 2.29. The Hall–Kier alpha value is -2.42. The molecule has 1 aromatic heterocycles. The number of aromatic nitrogens is 1. The molecule has 2 heterocycles. The topological polar surface area (TPSA) is 91.4 Å². The zero-order valence-corrected chi connectivity index (χ0v) is 21.3. The molecule has 0 spiro atoms. The van der Waals surface area contributed by atoms with Gasteiger partial charge in [0.05, 0.1) is 0 Å². The highest BCUT2D eigenvalue weighted by molar-refractivity contribution is 7.92. The van der Waals surface area contributed by atoms with Gasteiger partial charge in [-0.25, -0.2) is 13.1 Å². The van der Waals surface area contributed by atoms with Crippen LogP contribution in [0.15, 0.2) is 54.2 Å². The molecular formula is C26H33ClN4O3S. The average Bonchev–Trinajstić information content (AvgIpc) is 2.88. The van der Waals surface area contributed by atoms with Crippen LogP contribution in [0.3, 0.4) is 0 Å². The standard InChI is InChI=1S/C26H33ClN4O3S/c27-23-6-4-20(5-7-23)12-17-35(33,34)29-19-21-2-1-3-24(18-21)30-26(32)22-10-15-31(16-11-22)25-8-13-28-14-9-25/h4-9,12-14,17,21-22,24,29H,1-3,10-11,15-16,18-19H2,(H,30,32)/b17-12+. The number of nitrogens with one attached hydrogen (secondary N) is 2.